The Bertz CT molecular complexity index is 2160. The van der Waals surface area contributed by atoms with Gasteiger partial charge in [0.15, 0.2) is 0 Å². The molecule has 4 N–H and O–H groups in total. The van der Waals surface area contributed by atoms with Gasteiger partial charge in [0.05, 0.1) is 22.8 Å². The number of nitrogens with one attached hydrogen (secondary N) is 4. The number of thiophene rings is 1. The second-order valence-electron chi connectivity index (χ2n) is 11.3. The van der Waals surface area contributed by atoms with Crippen LogP contribution in [0.5, 0.6) is 5.75 Å². The number of nitriles is 1. The lowest BCUT2D eigenvalue weighted by atomic mass is 10.1. The molecule has 0 aliphatic carbocycles. The van der Waals surface area contributed by atoms with Crippen molar-refractivity contribution in [2.45, 2.75) is 30.4 Å². The van der Waals surface area contributed by atoms with Crippen LogP contribution in [0.25, 0.3) is 6.08 Å². The zero-order valence-electron chi connectivity index (χ0n) is 28.6. The molecule has 4 aromatic carbocycles. The number of ether oxygens (including phenoxy) is 1. The van der Waals surface area contributed by atoms with Crippen molar-refractivity contribution in [3.8, 4) is 11.8 Å². The summed E-state index contributed by atoms with van der Waals surface area (Å²) < 4.78 is 5.32. The monoisotopic (exact) mass is 729 g/mol. The van der Waals surface area contributed by atoms with Gasteiger partial charge in [-0.2, -0.15) is 5.26 Å². The van der Waals surface area contributed by atoms with Crippen LogP contribution in [0.1, 0.15) is 50.1 Å². The van der Waals surface area contributed by atoms with Crippen LogP contribution in [0, 0.1) is 18.3 Å². The number of carbonyl (C=O) groups is 4. The SMILES string of the molecule is CCC(Sc1cccc(NC(=O)/C(=C/c2cccc(OC)c2)NC(=O)c2ccccc2)c1)C(=O)Nc1sc(C(=O)Nc2ccccc2)c(C)c1C#N. The number of anilines is 3. The first-order chi connectivity index (χ1) is 25.2. The molecule has 1 atom stereocenters. The minimum atomic E-state index is -0.560. The van der Waals surface area contributed by atoms with E-state index in [1.165, 1.54) is 11.8 Å². The minimum Gasteiger partial charge on any atom is -0.497 e. The van der Waals surface area contributed by atoms with E-state index in [0.717, 1.165) is 11.3 Å². The molecular weight excluding hydrogens is 695 g/mol. The van der Waals surface area contributed by atoms with Crippen LogP contribution in [0.4, 0.5) is 16.4 Å². The lowest BCUT2D eigenvalue weighted by Crippen LogP contribution is -2.30. The van der Waals surface area contributed by atoms with Gasteiger partial charge < -0.3 is 26.0 Å². The first-order valence-corrected chi connectivity index (χ1v) is 17.9. The Labute approximate surface area is 309 Å². The molecule has 0 saturated heterocycles. The third kappa shape index (κ3) is 9.54. The van der Waals surface area contributed by atoms with E-state index in [9.17, 15) is 24.4 Å². The largest absolute Gasteiger partial charge is 0.497 e. The standard InChI is InChI=1S/C40H35N5O5S2/c1-4-34(38(48)45-40-32(24-41)25(2)35(52-40)39(49)42-28-16-9-6-10-17-28)51-31-20-12-18-29(23-31)43-37(47)33(22-26-13-11-19-30(21-26)50-3)44-36(46)27-14-7-5-8-15-27/h5-23,34H,4H2,1-3H3,(H,42,49)(H,43,47)(H,44,46)(H,45,48)/b33-22-. The maximum atomic E-state index is 13.6. The van der Waals surface area contributed by atoms with Gasteiger partial charge in [-0.1, -0.05) is 61.5 Å². The molecule has 52 heavy (non-hydrogen) atoms. The molecule has 0 spiro atoms. The van der Waals surface area contributed by atoms with Gasteiger partial charge in [-0.25, -0.2) is 0 Å². The fourth-order valence-corrected chi connectivity index (χ4v) is 7.10. The number of methoxy groups -OCH3 is 1. The number of hydrogen-bond donors (Lipinski definition) is 4. The highest BCUT2D eigenvalue weighted by Gasteiger charge is 2.25. The summed E-state index contributed by atoms with van der Waals surface area (Å²) in [7, 11) is 1.54. The molecule has 0 aliphatic rings. The number of rotatable bonds is 13. The molecule has 1 aromatic heterocycles. The summed E-state index contributed by atoms with van der Waals surface area (Å²) in [6, 6.07) is 33.8. The maximum Gasteiger partial charge on any atom is 0.272 e. The first kappa shape index (κ1) is 37.1. The summed E-state index contributed by atoms with van der Waals surface area (Å²) in [5, 5.41) is 20.9. The molecule has 0 saturated carbocycles. The molecular formula is C40H35N5O5S2. The first-order valence-electron chi connectivity index (χ1n) is 16.2. The van der Waals surface area contributed by atoms with E-state index in [1.807, 2.05) is 19.1 Å². The van der Waals surface area contributed by atoms with E-state index >= 15 is 0 Å². The van der Waals surface area contributed by atoms with E-state index in [-0.39, 0.29) is 23.1 Å². The molecule has 10 nitrogen and oxygen atoms in total. The molecule has 0 radical (unpaired) electrons. The Balaban J connectivity index is 1.30. The van der Waals surface area contributed by atoms with Crippen molar-refractivity contribution in [2.24, 2.45) is 0 Å². The van der Waals surface area contributed by atoms with Crippen LogP contribution in [-0.2, 0) is 9.59 Å². The van der Waals surface area contributed by atoms with Gasteiger partial charge in [0.1, 0.15) is 22.5 Å². The Hall–Kier alpha value is -6.16. The lowest BCUT2D eigenvalue weighted by Gasteiger charge is -2.15. The number of carbonyl (C=O) groups excluding carboxylic acids is 4. The van der Waals surface area contributed by atoms with Crippen LogP contribution in [-0.4, -0.2) is 36.0 Å². The van der Waals surface area contributed by atoms with Gasteiger partial charge >= 0.3 is 0 Å². The molecule has 4 amide bonds. The van der Waals surface area contributed by atoms with Crippen LogP contribution in [0.2, 0.25) is 0 Å². The van der Waals surface area contributed by atoms with E-state index in [1.54, 1.807) is 117 Å². The maximum absolute atomic E-state index is 13.6. The summed E-state index contributed by atoms with van der Waals surface area (Å²) >= 11 is 2.35. The molecule has 1 unspecified atom stereocenters. The predicted molar refractivity (Wildman–Crippen MR) is 207 cm³/mol. The van der Waals surface area contributed by atoms with Crippen LogP contribution in [0.3, 0.4) is 0 Å². The van der Waals surface area contributed by atoms with E-state index < -0.39 is 17.1 Å². The molecule has 262 valence electrons. The van der Waals surface area contributed by atoms with E-state index in [2.05, 4.69) is 27.3 Å². The summed E-state index contributed by atoms with van der Waals surface area (Å²) in [5.74, 6) is -1.11. The second kappa shape index (κ2) is 17.7. The third-order valence-electron chi connectivity index (χ3n) is 7.70. The van der Waals surface area contributed by atoms with Crippen molar-refractivity contribution < 1.29 is 23.9 Å². The number of thioether (sulfide) groups is 1. The Morgan fingerprint density at radius 3 is 2.23 bits per heavy atom. The zero-order chi connectivity index (χ0) is 37.0. The van der Waals surface area contributed by atoms with Gasteiger partial charge in [-0.3, -0.25) is 19.2 Å². The molecule has 5 rings (SSSR count). The van der Waals surface area contributed by atoms with Gasteiger partial charge in [0.2, 0.25) is 5.91 Å². The summed E-state index contributed by atoms with van der Waals surface area (Å²) in [6.45, 7) is 3.55. The molecule has 5 aromatic rings. The third-order valence-corrected chi connectivity index (χ3v) is 10.3. The minimum absolute atomic E-state index is 0.0160. The van der Waals surface area contributed by atoms with Crippen molar-refractivity contribution in [3.63, 3.8) is 0 Å². The Kier molecular flexibility index (Phi) is 12.6. The number of para-hydroxylation sites is 1. The molecule has 1 heterocycles. The van der Waals surface area contributed by atoms with E-state index in [4.69, 9.17) is 4.74 Å². The summed E-state index contributed by atoms with van der Waals surface area (Å²) in [5.41, 5.74) is 2.83. The van der Waals surface area contributed by atoms with Crippen molar-refractivity contribution in [2.75, 3.05) is 23.1 Å². The van der Waals surface area contributed by atoms with Crippen molar-refractivity contribution in [1.29, 1.82) is 5.26 Å². The highest BCUT2D eigenvalue weighted by Crippen LogP contribution is 2.35. The second-order valence-corrected chi connectivity index (χ2v) is 13.6. The smallest absolute Gasteiger partial charge is 0.272 e. The summed E-state index contributed by atoms with van der Waals surface area (Å²) in [6.07, 6.45) is 2.02. The average Bonchev–Trinajstić information content (AvgIpc) is 3.48. The highest BCUT2D eigenvalue weighted by atomic mass is 32.2. The van der Waals surface area contributed by atoms with Crippen molar-refractivity contribution in [3.05, 3.63) is 142 Å². The van der Waals surface area contributed by atoms with Gasteiger partial charge in [-0.05, 0) is 85.1 Å². The van der Waals surface area contributed by atoms with E-state index in [0.29, 0.717) is 55.0 Å². The Morgan fingerprint density at radius 1 is 0.846 bits per heavy atom. The van der Waals surface area contributed by atoms with Crippen LogP contribution in [0.15, 0.2) is 120 Å². The predicted octanol–water partition coefficient (Wildman–Crippen LogP) is 8.11. The fraction of sp³-hybridized carbons (Fsp3) is 0.125. The normalized spacial score (nSPS) is 11.5. The van der Waals surface area contributed by atoms with Crippen LogP contribution >= 0.6 is 23.1 Å². The Morgan fingerprint density at radius 2 is 1.54 bits per heavy atom. The summed E-state index contributed by atoms with van der Waals surface area (Å²) in [4.78, 5) is 54.3. The molecule has 12 heteroatoms. The van der Waals surface area contributed by atoms with Gasteiger partial charge in [-0.15, -0.1) is 23.1 Å². The number of nitrogens with zero attached hydrogens (tertiary/aromatic N) is 1. The van der Waals surface area contributed by atoms with Gasteiger partial charge in [0.25, 0.3) is 17.7 Å². The lowest BCUT2D eigenvalue weighted by molar-refractivity contribution is -0.116. The van der Waals surface area contributed by atoms with Crippen molar-refractivity contribution >= 4 is 69.2 Å². The van der Waals surface area contributed by atoms with Gasteiger partial charge in [0, 0.05) is 21.8 Å². The van der Waals surface area contributed by atoms with Crippen molar-refractivity contribution in [1.82, 2.24) is 5.32 Å². The molecule has 0 bridgehead atoms. The zero-order valence-corrected chi connectivity index (χ0v) is 30.2. The highest BCUT2D eigenvalue weighted by molar-refractivity contribution is 8.00. The number of benzene rings is 4. The fourth-order valence-electron chi connectivity index (χ4n) is 5.03. The molecule has 0 aliphatic heterocycles. The quantitative estimate of drug-likeness (QED) is 0.0707. The number of hydrogen-bond acceptors (Lipinski definition) is 8. The van der Waals surface area contributed by atoms with Crippen LogP contribution < -0.4 is 26.0 Å². The average molecular weight is 730 g/mol. The number of amides is 4. The molecule has 0 fully saturated rings. The topological polar surface area (TPSA) is 149 Å².